The molecule has 4 aromatic rings. The lowest BCUT2D eigenvalue weighted by atomic mass is 10.1. The van der Waals surface area contributed by atoms with Crippen molar-refractivity contribution >= 4 is 27.3 Å². The van der Waals surface area contributed by atoms with Crippen molar-refractivity contribution < 1.29 is 0 Å². The minimum absolute atomic E-state index is 0.790. The molecule has 0 amide bonds. The van der Waals surface area contributed by atoms with Crippen LogP contribution in [0, 0.1) is 0 Å². The summed E-state index contributed by atoms with van der Waals surface area (Å²) in [5.41, 5.74) is 4.15. The number of rotatable bonds is 3. The van der Waals surface area contributed by atoms with E-state index in [9.17, 15) is 0 Å². The highest BCUT2D eigenvalue weighted by molar-refractivity contribution is 9.10. The summed E-state index contributed by atoms with van der Waals surface area (Å²) in [5, 5.41) is 2.83. The fourth-order valence-electron chi connectivity index (χ4n) is 2.46. The lowest BCUT2D eigenvalue weighted by Gasteiger charge is -2.02. The number of hydrogen-bond acceptors (Lipinski definition) is 3. The SMILES string of the molecule is Brc1csc(-c2nc(-c3ccccc3)c(-c3ccccc3)[nH]2)n1. The van der Waals surface area contributed by atoms with Gasteiger partial charge in [-0.25, -0.2) is 9.97 Å². The molecule has 4 rings (SSSR count). The van der Waals surface area contributed by atoms with E-state index in [1.54, 1.807) is 11.3 Å². The third-order valence-electron chi connectivity index (χ3n) is 3.49. The summed E-state index contributed by atoms with van der Waals surface area (Å²) in [5.74, 6) is 0.790. The molecule has 0 spiro atoms. The lowest BCUT2D eigenvalue weighted by molar-refractivity contribution is 1.25. The first kappa shape index (κ1) is 14.4. The second-order valence-electron chi connectivity index (χ2n) is 5.02. The number of benzene rings is 2. The minimum Gasteiger partial charge on any atom is -0.335 e. The van der Waals surface area contributed by atoms with Gasteiger partial charge >= 0.3 is 0 Å². The summed E-state index contributed by atoms with van der Waals surface area (Å²) >= 11 is 4.97. The molecule has 2 aromatic carbocycles. The molecule has 23 heavy (non-hydrogen) atoms. The van der Waals surface area contributed by atoms with Crippen LogP contribution in [-0.4, -0.2) is 15.0 Å². The van der Waals surface area contributed by atoms with Gasteiger partial charge in [-0.1, -0.05) is 60.7 Å². The first-order valence-electron chi connectivity index (χ1n) is 7.13. The Balaban J connectivity index is 1.91. The number of H-pyrrole nitrogens is 1. The standard InChI is InChI=1S/C18H12BrN3S/c19-14-11-23-18(20-14)17-21-15(12-7-3-1-4-8-12)16(22-17)13-9-5-2-6-10-13/h1-11H,(H,21,22). The molecule has 0 saturated heterocycles. The third-order valence-corrected chi connectivity index (χ3v) is 5.05. The van der Waals surface area contributed by atoms with Gasteiger partial charge in [-0.05, 0) is 15.9 Å². The summed E-state index contributed by atoms with van der Waals surface area (Å²) in [7, 11) is 0. The summed E-state index contributed by atoms with van der Waals surface area (Å²) in [6, 6.07) is 20.5. The van der Waals surface area contributed by atoms with Crippen molar-refractivity contribution in [1.29, 1.82) is 0 Å². The highest BCUT2D eigenvalue weighted by Crippen LogP contribution is 2.34. The van der Waals surface area contributed by atoms with Crippen LogP contribution < -0.4 is 0 Å². The average Bonchev–Trinajstić information content (AvgIpc) is 3.23. The van der Waals surface area contributed by atoms with Gasteiger partial charge in [-0.2, -0.15) is 0 Å². The Morgan fingerprint density at radius 1 is 0.826 bits per heavy atom. The van der Waals surface area contributed by atoms with Crippen LogP contribution >= 0.6 is 27.3 Å². The maximum absolute atomic E-state index is 4.81. The molecule has 2 heterocycles. The fraction of sp³-hybridized carbons (Fsp3) is 0. The van der Waals surface area contributed by atoms with Gasteiger partial charge in [0.1, 0.15) is 4.60 Å². The van der Waals surface area contributed by atoms with Gasteiger partial charge < -0.3 is 4.98 Å². The molecule has 0 aliphatic heterocycles. The van der Waals surface area contributed by atoms with Crippen LogP contribution in [0.25, 0.3) is 33.3 Å². The van der Waals surface area contributed by atoms with Crippen molar-refractivity contribution in [3.05, 3.63) is 70.6 Å². The highest BCUT2D eigenvalue weighted by atomic mass is 79.9. The van der Waals surface area contributed by atoms with Crippen LogP contribution in [0.1, 0.15) is 0 Å². The van der Waals surface area contributed by atoms with Crippen LogP contribution in [0.3, 0.4) is 0 Å². The predicted molar refractivity (Wildman–Crippen MR) is 98.3 cm³/mol. The topological polar surface area (TPSA) is 41.6 Å². The molecule has 5 heteroatoms. The molecule has 0 atom stereocenters. The number of imidazole rings is 1. The van der Waals surface area contributed by atoms with E-state index in [4.69, 9.17) is 4.98 Å². The highest BCUT2D eigenvalue weighted by Gasteiger charge is 2.16. The number of nitrogens with zero attached hydrogens (tertiary/aromatic N) is 2. The van der Waals surface area contributed by atoms with Crippen molar-refractivity contribution in [3.8, 4) is 33.3 Å². The molecule has 0 bridgehead atoms. The van der Waals surface area contributed by atoms with E-state index in [0.29, 0.717) is 0 Å². The van der Waals surface area contributed by atoms with Crippen LogP contribution in [0.15, 0.2) is 70.6 Å². The molecule has 1 N–H and O–H groups in total. The van der Waals surface area contributed by atoms with Gasteiger partial charge in [0.2, 0.25) is 0 Å². The largest absolute Gasteiger partial charge is 0.335 e. The molecule has 3 nitrogen and oxygen atoms in total. The third kappa shape index (κ3) is 2.85. The van der Waals surface area contributed by atoms with Gasteiger partial charge in [-0.15, -0.1) is 11.3 Å². The Kier molecular flexibility index (Phi) is 3.81. The number of aromatic nitrogens is 3. The van der Waals surface area contributed by atoms with Gasteiger partial charge in [0.15, 0.2) is 10.8 Å². The van der Waals surface area contributed by atoms with Crippen LogP contribution in [0.2, 0.25) is 0 Å². The number of halogens is 1. The fourth-order valence-corrected chi connectivity index (χ4v) is 3.65. The number of aromatic amines is 1. The molecule has 0 aliphatic rings. The van der Waals surface area contributed by atoms with Crippen LogP contribution in [-0.2, 0) is 0 Å². The summed E-state index contributed by atoms with van der Waals surface area (Å²) in [6.07, 6.45) is 0. The van der Waals surface area contributed by atoms with E-state index in [1.807, 2.05) is 41.8 Å². The Bertz CT molecular complexity index is 872. The number of hydrogen-bond donors (Lipinski definition) is 1. The Labute approximate surface area is 146 Å². The summed E-state index contributed by atoms with van der Waals surface area (Å²) in [6.45, 7) is 0. The summed E-state index contributed by atoms with van der Waals surface area (Å²) < 4.78 is 0.830. The quantitative estimate of drug-likeness (QED) is 0.499. The van der Waals surface area contributed by atoms with E-state index < -0.39 is 0 Å². The van der Waals surface area contributed by atoms with E-state index in [0.717, 1.165) is 37.9 Å². The zero-order valence-electron chi connectivity index (χ0n) is 12.0. The van der Waals surface area contributed by atoms with Crippen LogP contribution in [0.5, 0.6) is 0 Å². The normalized spacial score (nSPS) is 10.8. The monoisotopic (exact) mass is 381 g/mol. The molecule has 0 unspecified atom stereocenters. The lowest BCUT2D eigenvalue weighted by Crippen LogP contribution is -1.82. The predicted octanol–water partition coefficient (Wildman–Crippen LogP) is 5.63. The van der Waals surface area contributed by atoms with Gasteiger partial charge in [0.05, 0.1) is 11.4 Å². The molecular weight excluding hydrogens is 370 g/mol. The molecule has 0 radical (unpaired) electrons. The van der Waals surface area contributed by atoms with E-state index >= 15 is 0 Å². The van der Waals surface area contributed by atoms with E-state index in [1.165, 1.54) is 0 Å². The van der Waals surface area contributed by atoms with Crippen molar-refractivity contribution in [2.75, 3.05) is 0 Å². The Morgan fingerprint density at radius 3 is 2.09 bits per heavy atom. The molecule has 2 aromatic heterocycles. The first-order chi connectivity index (χ1) is 11.3. The second-order valence-corrected chi connectivity index (χ2v) is 6.69. The van der Waals surface area contributed by atoms with Crippen LogP contribution in [0.4, 0.5) is 0 Å². The molecule has 0 aliphatic carbocycles. The van der Waals surface area contributed by atoms with Gasteiger partial charge in [0.25, 0.3) is 0 Å². The van der Waals surface area contributed by atoms with Crippen molar-refractivity contribution in [1.82, 2.24) is 15.0 Å². The van der Waals surface area contributed by atoms with E-state index in [-0.39, 0.29) is 0 Å². The molecule has 0 saturated carbocycles. The van der Waals surface area contributed by atoms with Crippen molar-refractivity contribution in [2.45, 2.75) is 0 Å². The van der Waals surface area contributed by atoms with Gasteiger partial charge in [0, 0.05) is 16.5 Å². The van der Waals surface area contributed by atoms with Crippen molar-refractivity contribution in [3.63, 3.8) is 0 Å². The average molecular weight is 382 g/mol. The molecule has 112 valence electrons. The van der Waals surface area contributed by atoms with Crippen molar-refractivity contribution in [2.24, 2.45) is 0 Å². The van der Waals surface area contributed by atoms with E-state index in [2.05, 4.69) is 50.2 Å². The number of thiazole rings is 1. The molecular formula is C18H12BrN3S. The smallest absolute Gasteiger partial charge is 0.167 e. The second kappa shape index (κ2) is 6.10. The Morgan fingerprint density at radius 2 is 1.48 bits per heavy atom. The summed E-state index contributed by atoms with van der Waals surface area (Å²) in [4.78, 5) is 12.7. The maximum atomic E-state index is 4.81. The van der Waals surface area contributed by atoms with Gasteiger partial charge in [-0.3, -0.25) is 0 Å². The maximum Gasteiger partial charge on any atom is 0.167 e. The first-order valence-corrected chi connectivity index (χ1v) is 8.81. The zero-order chi connectivity index (χ0) is 15.6. The molecule has 0 fully saturated rings. The minimum atomic E-state index is 0.790. The number of nitrogens with one attached hydrogen (secondary N) is 1. The Hall–Kier alpha value is -2.24. The zero-order valence-corrected chi connectivity index (χ0v) is 14.4.